The van der Waals surface area contributed by atoms with E-state index in [4.69, 9.17) is 5.73 Å². The SMILES string of the molecule is C=Nc1c(N(C)C(C)C)ccc(NCc2ccc(=O)n(-c3c(F)cccc3F)n2)c1N1C[C@@H](C)[C@@H](N)C1. The van der Waals surface area contributed by atoms with Gasteiger partial charge in [-0.3, -0.25) is 9.79 Å². The maximum Gasteiger partial charge on any atom is 0.271 e. The number of para-hydroxylation sites is 1. The molecule has 1 aliphatic rings. The maximum atomic E-state index is 14.3. The van der Waals surface area contributed by atoms with Crippen LogP contribution in [0, 0.1) is 17.6 Å². The van der Waals surface area contributed by atoms with Crippen LogP contribution in [-0.4, -0.2) is 48.7 Å². The van der Waals surface area contributed by atoms with Gasteiger partial charge >= 0.3 is 0 Å². The van der Waals surface area contributed by atoms with Crippen molar-refractivity contribution in [2.75, 3.05) is 35.3 Å². The van der Waals surface area contributed by atoms with Gasteiger partial charge in [0.15, 0.2) is 11.6 Å². The first kappa shape index (κ1) is 26.3. The van der Waals surface area contributed by atoms with Crippen LogP contribution in [0.5, 0.6) is 0 Å². The highest BCUT2D eigenvalue weighted by molar-refractivity contribution is 5.91. The Kier molecular flexibility index (Phi) is 7.58. The molecule has 0 bridgehead atoms. The smallest absolute Gasteiger partial charge is 0.271 e. The van der Waals surface area contributed by atoms with E-state index in [0.29, 0.717) is 18.2 Å². The summed E-state index contributed by atoms with van der Waals surface area (Å²) in [4.78, 5) is 21.1. The lowest BCUT2D eigenvalue weighted by molar-refractivity contribution is 0.552. The van der Waals surface area contributed by atoms with E-state index in [-0.39, 0.29) is 18.6 Å². The Morgan fingerprint density at radius 1 is 1.16 bits per heavy atom. The van der Waals surface area contributed by atoms with Crippen LogP contribution in [0.3, 0.4) is 0 Å². The van der Waals surface area contributed by atoms with Crippen LogP contribution >= 0.6 is 0 Å². The molecule has 37 heavy (non-hydrogen) atoms. The highest BCUT2D eigenvalue weighted by Crippen LogP contribution is 2.45. The summed E-state index contributed by atoms with van der Waals surface area (Å²) >= 11 is 0. The van der Waals surface area contributed by atoms with Gasteiger partial charge in [0.05, 0.1) is 29.3 Å². The third-order valence-corrected chi connectivity index (χ3v) is 6.89. The zero-order valence-corrected chi connectivity index (χ0v) is 21.6. The molecule has 10 heteroatoms. The van der Waals surface area contributed by atoms with Gasteiger partial charge in [-0.15, -0.1) is 0 Å². The van der Waals surface area contributed by atoms with E-state index in [1.165, 1.54) is 18.2 Å². The number of aliphatic imine (C=N–C) groups is 1. The molecule has 0 radical (unpaired) electrons. The van der Waals surface area contributed by atoms with Gasteiger partial charge in [-0.1, -0.05) is 13.0 Å². The Bertz CT molecular complexity index is 1330. The van der Waals surface area contributed by atoms with Gasteiger partial charge in [0.1, 0.15) is 11.4 Å². The third kappa shape index (κ3) is 5.20. The van der Waals surface area contributed by atoms with E-state index >= 15 is 0 Å². The minimum absolute atomic E-state index is 0.0258. The molecule has 0 aliphatic carbocycles. The number of hydrogen-bond donors (Lipinski definition) is 2. The summed E-state index contributed by atoms with van der Waals surface area (Å²) in [7, 11) is 2.01. The van der Waals surface area contributed by atoms with Crippen molar-refractivity contribution in [3.63, 3.8) is 0 Å². The number of nitrogens with two attached hydrogens (primary N) is 1. The number of nitrogens with one attached hydrogen (secondary N) is 1. The summed E-state index contributed by atoms with van der Waals surface area (Å²) in [5.41, 5.74) is 9.00. The topological polar surface area (TPSA) is 91.8 Å². The number of nitrogens with zero attached hydrogens (tertiary/aromatic N) is 5. The lowest BCUT2D eigenvalue weighted by atomic mass is 10.1. The molecule has 8 nitrogen and oxygen atoms in total. The predicted octanol–water partition coefficient (Wildman–Crippen LogP) is 4.08. The Morgan fingerprint density at radius 2 is 1.86 bits per heavy atom. The minimum atomic E-state index is -0.868. The van der Waals surface area contributed by atoms with Crippen LogP contribution in [0.2, 0.25) is 0 Å². The molecule has 0 saturated carbocycles. The second-order valence-electron chi connectivity index (χ2n) is 9.74. The van der Waals surface area contributed by atoms with Gasteiger partial charge in [0, 0.05) is 38.3 Å². The fraction of sp³-hybridized carbons (Fsp3) is 0.370. The summed E-state index contributed by atoms with van der Waals surface area (Å²) in [5.74, 6) is -1.43. The molecule has 2 atom stereocenters. The number of hydrogen-bond acceptors (Lipinski definition) is 7. The van der Waals surface area contributed by atoms with Crippen molar-refractivity contribution in [2.24, 2.45) is 16.6 Å². The Hall–Kier alpha value is -3.79. The maximum absolute atomic E-state index is 14.3. The molecule has 2 aromatic carbocycles. The summed E-state index contributed by atoms with van der Waals surface area (Å²) in [6, 6.07) is 10.4. The van der Waals surface area contributed by atoms with Crippen molar-refractivity contribution in [3.05, 3.63) is 70.1 Å². The van der Waals surface area contributed by atoms with Gasteiger partial charge in [0.2, 0.25) is 0 Å². The van der Waals surface area contributed by atoms with Crippen molar-refractivity contribution in [1.29, 1.82) is 0 Å². The molecular formula is C27H33F2N7O. The number of benzene rings is 2. The molecule has 3 N–H and O–H groups in total. The van der Waals surface area contributed by atoms with Crippen LogP contribution in [-0.2, 0) is 6.54 Å². The molecule has 4 rings (SSSR count). The first-order chi connectivity index (χ1) is 17.6. The third-order valence-electron chi connectivity index (χ3n) is 6.89. The van der Waals surface area contributed by atoms with E-state index < -0.39 is 22.9 Å². The van der Waals surface area contributed by atoms with Gasteiger partial charge in [0.25, 0.3) is 5.56 Å². The normalized spacial score (nSPS) is 17.4. The van der Waals surface area contributed by atoms with Crippen molar-refractivity contribution in [2.45, 2.75) is 39.4 Å². The van der Waals surface area contributed by atoms with E-state index in [2.05, 4.69) is 52.7 Å². The van der Waals surface area contributed by atoms with Crippen molar-refractivity contribution >= 4 is 29.5 Å². The standard InChI is InChI=1S/C27H33F2N7O/c1-16(2)34(5)23-11-10-22(27(25(23)31-4)35-14-17(3)21(30)15-35)32-13-18-9-12-24(37)36(33-18)26-19(28)7-6-8-20(26)29/h6-12,16-17,21,32H,4,13-15,30H2,1-3,5H3/t17-,21+/m1/s1. The quantitative estimate of drug-likeness (QED) is 0.445. The Labute approximate surface area is 215 Å². The molecule has 0 amide bonds. The summed E-state index contributed by atoms with van der Waals surface area (Å²) in [6.45, 7) is 11.8. The highest BCUT2D eigenvalue weighted by atomic mass is 19.1. The van der Waals surface area contributed by atoms with Crippen molar-refractivity contribution < 1.29 is 8.78 Å². The van der Waals surface area contributed by atoms with Crippen molar-refractivity contribution in [1.82, 2.24) is 9.78 Å². The molecule has 196 valence electrons. The molecule has 1 fully saturated rings. The average Bonchev–Trinajstić information content (AvgIpc) is 3.20. The number of anilines is 3. The lowest BCUT2D eigenvalue weighted by Gasteiger charge is -2.30. The lowest BCUT2D eigenvalue weighted by Crippen LogP contribution is -2.29. The van der Waals surface area contributed by atoms with Crippen LogP contribution < -0.4 is 26.4 Å². The zero-order chi connectivity index (χ0) is 26.9. The van der Waals surface area contributed by atoms with E-state index in [9.17, 15) is 13.6 Å². The average molecular weight is 510 g/mol. The van der Waals surface area contributed by atoms with Crippen LogP contribution in [0.4, 0.5) is 31.5 Å². The highest BCUT2D eigenvalue weighted by Gasteiger charge is 2.31. The minimum Gasteiger partial charge on any atom is -0.378 e. The molecule has 0 spiro atoms. The predicted molar refractivity (Wildman–Crippen MR) is 146 cm³/mol. The Morgan fingerprint density at radius 3 is 2.46 bits per heavy atom. The first-order valence-electron chi connectivity index (χ1n) is 12.3. The fourth-order valence-electron chi connectivity index (χ4n) is 4.51. The number of rotatable bonds is 8. The van der Waals surface area contributed by atoms with E-state index in [1.807, 2.05) is 19.2 Å². The van der Waals surface area contributed by atoms with Gasteiger partial charge < -0.3 is 20.9 Å². The molecule has 1 aliphatic heterocycles. The van der Waals surface area contributed by atoms with E-state index in [1.54, 1.807) is 0 Å². The second-order valence-corrected chi connectivity index (χ2v) is 9.74. The molecule has 1 saturated heterocycles. The Balaban J connectivity index is 1.72. The molecule has 3 aromatic rings. The molecular weight excluding hydrogens is 476 g/mol. The van der Waals surface area contributed by atoms with Crippen molar-refractivity contribution in [3.8, 4) is 5.69 Å². The molecule has 0 unspecified atom stereocenters. The van der Waals surface area contributed by atoms with Crippen LogP contribution in [0.1, 0.15) is 26.5 Å². The molecule has 2 heterocycles. The second kappa shape index (κ2) is 10.7. The van der Waals surface area contributed by atoms with Gasteiger partial charge in [-0.2, -0.15) is 9.78 Å². The summed E-state index contributed by atoms with van der Waals surface area (Å²) < 4.78 is 29.4. The summed E-state index contributed by atoms with van der Waals surface area (Å²) in [5, 5.41) is 7.61. The zero-order valence-electron chi connectivity index (χ0n) is 21.6. The van der Waals surface area contributed by atoms with Gasteiger partial charge in [-0.05, 0) is 56.8 Å². The fourth-order valence-corrected chi connectivity index (χ4v) is 4.51. The summed E-state index contributed by atoms with van der Waals surface area (Å²) in [6.07, 6.45) is 0. The van der Waals surface area contributed by atoms with Crippen LogP contribution in [0.15, 0.2) is 52.3 Å². The van der Waals surface area contributed by atoms with Crippen LogP contribution in [0.25, 0.3) is 5.69 Å². The molecule has 1 aromatic heterocycles. The number of aromatic nitrogens is 2. The first-order valence-corrected chi connectivity index (χ1v) is 12.3. The monoisotopic (exact) mass is 509 g/mol. The van der Waals surface area contributed by atoms with E-state index in [0.717, 1.165) is 46.1 Å². The largest absolute Gasteiger partial charge is 0.378 e. The van der Waals surface area contributed by atoms with Gasteiger partial charge in [-0.25, -0.2) is 8.78 Å². The number of halogens is 2.